The molecule has 0 saturated carbocycles. The van der Waals surface area contributed by atoms with Gasteiger partial charge in [0.2, 0.25) is 65.0 Å². The molecule has 30 nitrogen and oxygen atoms in total. The smallest absolute Gasteiger partial charge is 0.326 e. The van der Waals surface area contributed by atoms with E-state index >= 15 is 9.59 Å². The van der Waals surface area contributed by atoms with Crippen molar-refractivity contribution in [2.75, 3.05) is 26.3 Å². The van der Waals surface area contributed by atoms with E-state index in [1.54, 1.807) is 133 Å². The molecule has 0 unspecified atom stereocenters. The number of carboxylic acids is 1. The third-order valence-corrected chi connectivity index (χ3v) is 17.7. The van der Waals surface area contributed by atoms with Crippen LogP contribution in [0.25, 0.3) is 21.8 Å². The predicted octanol–water partition coefficient (Wildman–Crippen LogP) is 0.617. The number of carboxylic acid groups (broad SMARTS) is 1. The van der Waals surface area contributed by atoms with Crippen LogP contribution >= 0.6 is 0 Å². The number of H-pyrrole nitrogens is 2. The summed E-state index contributed by atoms with van der Waals surface area (Å²) in [7, 11) is 0. The van der Waals surface area contributed by atoms with E-state index in [1.807, 2.05) is 27.7 Å². The van der Waals surface area contributed by atoms with Crippen molar-refractivity contribution in [3.05, 3.63) is 108 Å². The van der Waals surface area contributed by atoms with E-state index in [1.165, 1.54) is 0 Å². The molecule has 30 heteroatoms. The third-order valence-electron chi connectivity index (χ3n) is 17.7. The molecule has 0 spiro atoms. The van der Waals surface area contributed by atoms with Crippen LogP contribution in [0.2, 0.25) is 0 Å². The molecule has 5 rings (SSSR count). The molecular formula is C73H107N15O15. The van der Waals surface area contributed by atoms with E-state index < -0.39 is 175 Å². The number of carbonyl (C=O) groups is 12. The van der Waals surface area contributed by atoms with Crippen LogP contribution in [-0.4, -0.2) is 189 Å². The summed E-state index contributed by atoms with van der Waals surface area (Å²) in [5.41, 5.74) is 14.8. The topological polar surface area (TPSA) is 481 Å². The number of rotatable bonds is 43. The molecular weight excluding hydrogens is 1330 g/mol. The number of amides is 11. The summed E-state index contributed by atoms with van der Waals surface area (Å²) in [6.07, 6.45) is 4.34. The van der Waals surface area contributed by atoms with Gasteiger partial charge in [-0.2, -0.15) is 0 Å². The van der Waals surface area contributed by atoms with Crippen molar-refractivity contribution in [1.29, 1.82) is 0 Å². The lowest BCUT2D eigenvalue weighted by molar-refractivity contribution is -0.143. The summed E-state index contributed by atoms with van der Waals surface area (Å²) in [4.78, 5) is 174. The molecule has 564 valence electrons. The number of hydrogen-bond donors (Lipinski definition) is 18. The van der Waals surface area contributed by atoms with E-state index in [0.717, 1.165) is 0 Å². The molecule has 0 bridgehead atoms. The Morgan fingerprint density at radius 2 is 0.845 bits per heavy atom. The highest BCUT2D eigenvalue weighted by atomic mass is 16.4. The minimum absolute atomic E-state index is 0.0551. The maximum absolute atomic E-state index is 15.2. The molecule has 3 aromatic carbocycles. The van der Waals surface area contributed by atoms with Gasteiger partial charge in [-0.15, -0.1) is 0 Å². The molecule has 0 aliphatic heterocycles. The molecule has 103 heavy (non-hydrogen) atoms. The molecule has 5 aromatic rings. The normalized spacial score (nSPS) is 15.0. The number of nitrogens with two attached hydrogens (primary N) is 2. The lowest BCUT2D eigenvalue weighted by Gasteiger charge is -2.30. The zero-order valence-electron chi connectivity index (χ0n) is 60.5. The lowest BCUT2D eigenvalue weighted by atomic mass is 9.96. The predicted molar refractivity (Wildman–Crippen MR) is 387 cm³/mol. The standard InChI is InChI=1S/C73H107N15O15/c1-11-43(10)62(72(101)79-52(27-19-20-28-74)64(93)80-53(30-40(4)5)67(96)87-61(42(8)9)73(102)103)88-68(97)56(33-46-35-77-51-26-18-16-24-48(46)51)81-66(95)55(32-45-34-76-50-25-17-15-23-47(45)50)82-69(98)57(37-89)85-70(99)58(38-90)84-65(94)54(31-44-21-13-12-14-22-44)83-71(100)60(41(6)7)86-59(91)36-78-63(92)49(75)29-39(2)3/h12-18,21-26,34-35,39-43,49,52-58,60-62,76-77,89-90H,11,19-20,27-33,36-38,74-75H2,1-10H3,(H,78,92)(H,79,101)(H,80,93)(H,81,95)(H,82,98)(H,83,100)(H,84,94)(H,85,99)(H,86,91)(H,87,96)(H,88,97)(H,102,103)/t43-,49-,52-,53-,54-,55-,56-,57-,58-,60-,61-,62-/m0/s1. The highest BCUT2D eigenvalue weighted by Gasteiger charge is 2.38. The first-order valence-corrected chi connectivity index (χ1v) is 35.2. The Morgan fingerprint density at radius 3 is 1.32 bits per heavy atom. The second-order valence-corrected chi connectivity index (χ2v) is 27.7. The number of aliphatic hydroxyl groups excluding tert-OH is 2. The highest BCUT2D eigenvalue weighted by molar-refractivity contribution is 6.00. The van der Waals surface area contributed by atoms with Crippen LogP contribution in [0.15, 0.2) is 91.3 Å². The zero-order chi connectivity index (χ0) is 76.2. The number of benzene rings is 3. The molecule has 2 heterocycles. The van der Waals surface area contributed by atoms with Gasteiger partial charge in [-0.3, -0.25) is 52.7 Å². The Kier molecular flexibility index (Phi) is 33.7. The number of nitrogens with one attached hydrogen (secondary N) is 13. The maximum atomic E-state index is 15.2. The van der Waals surface area contributed by atoms with Gasteiger partial charge in [0.05, 0.1) is 25.8 Å². The van der Waals surface area contributed by atoms with Gasteiger partial charge in [-0.25, -0.2) is 4.79 Å². The van der Waals surface area contributed by atoms with E-state index in [4.69, 9.17) is 11.5 Å². The number of aromatic nitrogens is 2. The minimum atomic E-state index is -1.86. The van der Waals surface area contributed by atoms with Crippen LogP contribution in [0.4, 0.5) is 0 Å². The fourth-order valence-corrected chi connectivity index (χ4v) is 11.7. The van der Waals surface area contributed by atoms with Gasteiger partial charge >= 0.3 is 5.97 Å². The van der Waals surface area contributed by atoms with Crippen LogP contribution in [0.5, 0.6) is 0 Å². The van der Waals surface area contributed by atoms with Gasteiger partial charge in [-0.05, 0) is 97.1 Å². The maximum Gasteiger partial charge on any atom is 0.326 e. The molecule has 0 radical (unpaired) electrons. The molecule has 0 aliphatic carbocycles. The SMILES string of the molecule is CC[C@H](C)[C@H](NC(=O)[C@H](Cc1c[nH]c2ccccc12)NC(=O)[C@H](Cc1c[nH]c2ccccc12)NC(=O)[C@H](CO)NC(=O)[C@H](CO)NC(=O)[C@H](Cc1ccccc1)NC(=O)[C@@H](NC(=O)CNC(=O)[C@@H](N)CC(C)C)C(C)C)C(=O)N[C@@H](CCCCN)C(=O)N[C@@H](CC(C)C)C(=O)N[C@H](C(=O)O)C(C)C. The van der Waals surface area contributed by atoms with Crippen LogP contribution in [-0.2, 0) is 76.8 Å². The van der Waals surface area contributed by atoms with Crippen molar-refractivity contribution in [2.24, 2.45) is 41.1 Å². The van der Waals surface area contributed by atoms with E-state index in [-0.39, 0.29) is 50.5 Å². The van der Waals surface area contributed by atoms with Crippen LogP contribution in [0, 0.1) is 29.6 Å². The summed E-state index contributed by atoms with van der Waals surface area (Å²) < 4.78 is 0. The quantitative estimate of drug-likeness (QED) is 0.0238. The first-order valence-electron chi connectivity index (χ1n) is 35.2. The van der Waals surface area contributed by atoms with Gasteiger partial charge < -0.3 is 95.2 Å². The molecule has 2 aromatic heterocycles. The Labute approximate surface area is 600 Å². The van der Waals surface area contributed by atoms with E-state index in [9.17, 15) is 63.3 Å². The summed E-state index contributed by atoms with van der Waals surface area (Å²) in [5, 5.41) is 61.5. The van der Waals surface area contributed by atoms with Gasteiger partial charge in [0, 0.05) is 53.5 Å². The molecule has 12 atom stereocenters. The number of aliphatic hydroxyl groups is 2. The van der Waals surface area contributed by atoms with Gasteiger partial charge in [0.15, 0.2) is 0 Å². The highest BCUT2D eigenvalue weighted by Crippen LogP contribution is 2.23. The fourth-order valence-electron chi connectivity index (χ4n) is 11.7. The Morgan fingerprint density at radius 1 is 0.437 bits per heavy atom. The second kappa shape index (κ2) is 41.4. The average Bonchev–Trinajstić information content (AvgIpc) is 1.73. The number of aliphatic carboxylic acids is 1. The molecule has 11 amide bonds. The number of fused-ring (bicyclic) bond motifs is 2. The van der Waals surface area contributed by atoms with Crippen molar-refractivity contribution in [2.45, 2.75) is 193 Å². The summed E-state index contributed by atoms with van der Waals surface area (Å²) in [6, 6.07) is 7.30. The van der Waals surface area contributed by atoms with E-state index in [2.05, 4.69) is 68.5 Å². The number of hydrogen-bond acceptors (Lipinski definition) is 16. The summed E-state index contributed by atoms with van der Waals surface area (Å²) >= 11 is 0. The first-order chi connectivity index (χ1) is 48.9. The first kappa shape index (κ1) is 83.9. The zero-order valence-corrected chi connectivity index (χ0v) is 60.5. The third kappa shape index (κ3) is 25.9. The van der Waals surface area contributed by atoms with Crippen LogP contribution in [0.1, 0.15) is 124 Å². The van der Waals surface area contributed by atoms with Gasteiger partial charge in [0.25, 0.3) is 0 Å². The van der Waals surface area contributed by atoms with Crippen LogP contribution in [0.3, 0.4) is 0 Å². The van der Waals surface area contributed by atoms with Crippen molar-refractivity contribution in [3.8, 4) is 0 Å². The van der Waals surface area contributed by atoms with Crippen molar-refractivity contribution in [3.63, 3.8) is 0 Å². The fraction of sp³-hybridized carbons (Fsp3) is 0.534. The Hall–Kier alpha value is -9.78. The van der Waals surface area contributed by atoms with Gasteiger partial charge in [0.1, 0.15) is 60.4 Å². The molecule has 0 saturated heterocycles. The molecule has 0 fully saturated rings. The largest absolute Gasteiger partial charge is 0.480 e. The number of para-hydroxylation sites is 2. The Bertz CT molecular complexity index is 3670. The lowest BCUT2D eigenvalue weighted by Crippen LogP contribution is -2.62. The summed E-state index contributed by atoms with van der Waals surface area (Å²) in [5.74, 6) is -12.4. The van der Waals surface area contributed by atoms with Crippen LogP contribution < -0.4 is 70.0 Å². The molecule has 0 aliphatic rings. The van der Waals surface area contributed by atoms with Crippen molar-refractivity contribution < 1.29 is 72.9 Å². The van der Waals surface area contributed by atoms with Gasteiger partial charge in [-0.1, -0.05) is 142 Å². The second-order valence-electron chi connectivity index (χ2n) is 27.7. The Balaban J connectivity index is 1.43. The minimum Gasteiger partial charge on any atom is -0.480 e. The average molecular weight is 1430 g/mol. The number of aromatic amines is 2. The van der Waals surface area contributed by atoms with Crippen molar-refractivity contribution in [1.82, 2.24) is 68.5 Å². The summed E-state index contributed by atoms with van der Waals surface area (Å²) in [6.45, 7) is 15.0. The monoisotopic (exact) mass is 1430 g/mol. The molecule has 20 N–H and O–H groups in total. The number of carbonyl (C=O) groups excluding carboxylic acids is 11. The number of unbranched alkanes of at least 4 members (excludes halogenated alkanes) is 1. The van der Waals surface area contributed by atoms with Crippen molar-refractivity contribution >= 4 is 92.8 Å². The van der Waals surface area contributed by atoms with E-state index in [0.29, 0.717) is 64.2 Å².